The van der Waals surface area contributed by atoms with E-state index >= 15 is 0 Å². The van der Waals surface area contributed by atoms with Crippen LogP contribution >= 0.6 is 12.4 Å². The average Bonchev–Trinajstić information content (AvgIpc) is 2.82. The highest BCUT2D eigenvalue weighted by Crippen LogP contribution is 2.49. The number of rotatable bonds is 4. The monoisotopic (exact) mass is 366 g/mol. The van der Waals surface area contributed by atoms with Gasteiger partial charge in [0, 0.05) is 30.4 Å². The molecule has 0 unspecified atom stereocenters. The smallest absolute Gasteiger partial charge is 0.221 e. The fourth-order valence-corrected chi connectivity index (χ4v) is 3.76. The molecular weight excluding hydrogens is 340 g/mol. The van der Waals surface area contributed by atoms with Gasteiger partial charge in [-0.15, -0.1) is 12.4 Å². The third kappa shape index (κ3) is 3.67. The van der Waals surface area contributed by atoms with Gasteiger partial charge in [-0.05, 0) is 33.5 Å². The summed E-state index contributed by atoms with van der Waals surface area (Å²) in [5, 5.41) is 2.93. The van der Waals surface area contributed by atoms with Crippen molar-refractivity contribution in [3.05, 3.63) is 29.3 Å². The Labute approximate surface area is 155 Å². The largest absolute Gasteiger partial charge is 0.487 e. The van der Waals surface area contributed by atoms with Gasteiger partial charge in [0.15, 0.2) is 5.78 Å². The Morgan fingerprint density at radius 1 is 1.40 bits per heavy atom. The summed E-state index contributed by atoms with van der Waals surface area (Å²) in [6.45, 7) is 4.87. The van der Waals surface area contributed by atoms with Crippen molar-refractivity contribution in [3.63, 3.8) is 0 Å². The van der Waals surface area contributed by atoms with E-state index in [1.807, 2.05) is 31.1 Å². The fraction of sp³-hybridized carbons (Fsp3) is 0.579. The number of nitrogens with zero attached hydrogens (tertiary/aromatic N) is 1. The van der Waals surface area contributed by atoms with Gasteiger partial charge in [-0.3, -0.25) is 9.59 Å². The molecule has 6 heteroatoms. The minimum atomic E-state index is -0.564. The van der Waals surface area contributed by atoms with E-state index < -0.39 is 6.04 Å². The fourth-order valence-electron chi connectivity index (χ4n) is 3.76. The highest BCUT2D eigenvalue weighted by Gasteiger charge is 2.54. The molecular formula is C19H27ClN2O3. The van der Waals surface area contributed by atoms with Crippen LogP contribution in [-0.2, 0) is 15.0 Å². The summed E-state index contributed by atoms with van der Waals surface area (Å²) in [6, 6.07) is 5.58. The molecule has 1 aromatic rings. The number of amides is 1. The van der Waals surface area contributed by atoms with Gasteiger partial charge < -0.3 is 15.0 Å². The second kappa shape index (κ2) is 7.34. The number of benzene rings is 1. The van der Waals surface area contributed by atoms with Crippen LogP contribution in [0.1, 0.15) is 37.3 Å². The lowest BCUT2D eigenvalue weighted by molar-refractivity contribution is -0.133. The van der Waals surface area contributed by atoms with Gasteiger partial charge in [-0.2, -0.15) is 0 Å². The first-order chi connectivity index (χ1) is 11.3. The first-order valence-electron chi connectivity index (χ1n) is 8.56. The molecule has 1 aliphatic heterocycles. The van der Waals surface area contributed by atoms with E-state index in [2.05, 4.69) is 25.2 Å². The van der Waals surface area contributed by atoms with Crippen molar-refractivity contribution in [1.82, 2.24) is 10.2 Å². The summed E-state index contributed by atoms with van der Waals surface area (Å²) >= 11 is 0. The third-order valence-electron chi connectivity index (χ3n) is 5.28. The van der Waals surface area contributed by atoms with Crippen molar-refractivity contribution >= 4 is 24.1 Å². The van der Waals surface area contributed by atoms with Crippen LogP contribution in [0.15, 0.2) is 18.2 Å². The van der Waals surface area contributed by atoms with Crippen molar-refractivity contribution in [2.75, 3.05) is 20.6 Å². The van der Waals surface area contributed by atoms with Crippen LogP contribution in [0, 0.1) is 6.92 Å². The van der Waals surface area contributed by atoms with Crippen molar-refractivity contribution in [2.24, 2.45) is 0 Å². The zero-order valence-electron chi connectivity index (χ0n) is 15.3. The number of hydrogen-bond acceptors (Lipinski definition) is 4. The van der Waals surface area contributed by atoms with Crippen LogP contribution in [-0.4, -0.2) is 49.4 Å². The molecule has 1 amide bonds. The van der Waals surface area contributed by atoms with Gasteiger partial charge in [-0.1, -0.05) is 24.6 Å². The number of Topliss-reactive ketones (excluding diaryl/α,β-unsaturated/α-hetero) is 1. The highest BCUT2D eigenvalue weighted by molar-refractivity contribution is 5.91. The molecule has 0 spiro atoms. The van der Waals surface area contributed by atoms with Gasteiger partial charge in [0.1, 0.15) is 17.9 Å². The Morgan fingerprint density at radius 3 is 2.80 bits per heavy atom. The van der Waals surface area contributed by atoms with E-state index in [4.69, 9.17) is 4.74 Å². The first kappa shape index (κ1) is 19.7. The molecule has 25 heavy (non-hydrogen) atoms. The zero-order chi connectivity index (χ0) is 17.5. The van der Waals surface area contributed by atoms with Crippen LogP contribution in [0.2, 0.25) is 0 Å². The molecule has 1 N–H and O–H groups in total. The predicted octanol–water partition coefficient (Wildman–Crippen LogP) is 2.23. The highest BCUT2D eigenvalue weighted by atomic mass is 35.5. The number of aryl methyl sites for hydroxylation is 1. The van der Waals surface area contributed by atoms with Crippen LogP contribution in [0.3, 0.4) is 0 Å². The molecule has 1 aromatic carbocycles. The number of ether oxygens (including phenoxy) is 1. The summed E-state index contributed by atoms with van der Waals surface area (Å²) in [4.78, 5) is 26.7. The summed E-state index contributed by atoms with van der Waals surface area (Å²) < 4.78 is 6.13. The second-order valence-corrected chi connectivity index (χ2v) is 7.52. The summed E-state index contributed by atoms with van der Waals surface area (Å²) in [5.74, 6) is 0.817. The van der Waals surface area contributed by atoms with Crippen LogP contribution in [0.25, 0.3) is 0 Å². The quantitative estimate of drug-likeness (QED) is 0.887. The van der Waals surface area contributed by atoms with Gasteiger partial charge in [0.2, 0.25) is 5.91 Å². The predicted molar refractivity (Wildman–Crippen MR) is 99.5 cm³/mol. The van der Waals surface area contributed by atoms with E-state index in [0.29, 0.717) is 19.4 Å². The zero-order valence-corrected chi connectivity index (χ0v) is 16.1. The summed E-state index contributed by atoms with van der Waals surface area (Å²) in [7, 11) is 3.85. The standard InChI is InChI=1S/C19H26N2O3.ClH/c1-12-5-6-15-13(11-12)19(2)9-7-14(22)17(18(19)24-15)20-16(23)8-10-21(3)4;/h5-6,11,17-18H,7-10H2,1-4H3,(H,20,23);1H/t17-,18-,19-;/m0./s1. The lowest BCUT2D eigenvalue weighted by Crippen LogP contribution is -2.59. The molecule has 0 aromatic heterocycles. The molecule has 5 nitrogen and oxygen atoms in total. The van der Waals surface area contributed by atoms with Crippen molar-refractivity contribution in [3.8, 4) is 5.75 Å². The van der Waals surface area contributed by atoms with Crippen LogP contribution in [0.5, 0.6) is 5.75 Å². The van der Waals surface area contributed by atoms with Crippen LogP contribution in [0.4, 0.5) is 0 Å². The first-order valence-corrected chi connectivity index (χ1v) is 8.56. The molecule has 2 aliphatic rings. The van der Waals surface area contributed by atoms with Crippen LogP contribution < -0.4 is 10.1 Å². The number of hydrogen-bond donors (Lipinski definition) is 1. The molecule has 1 heterocycles. The molecule has 0 saturated heterocycles. The van der Waals surface area contributed by atoms with Gasteiger partial charge in [0.05, 0.1) is 0 Å². The molecule has 1 saturated carbocycles. The van der Waals surface area contributed by atoms with E-state index in [9.17, 15) is 9.59 Å². The van der Waals surface area contributed by atoms with E-state index in [0.717, 1.165) is 17.7 Å². The number of carbonyl (C=O) groups is 2. The molecule has 1 fully saturated rings. The summed E-state index contributed by atoms with van der Waals surface area (Å²) in [5.41, 5.74) is 2.12. The minimum absolute atomic E-state index is 0. The van der Waals surface area contributed by atoms with Gasteiger partial charge in [0.25, 0.3) is 0 Å². The van der Waals surface area contributed by atoms with Crippen molar-refractivity contribution in [2.45, 2.75) is 50.7 Å². The lowest BCUT2D eigenvalue weighted by Gasteiger charge is -2.39. The number of ketones is 1. The maximum absolute atomic E-state index is 12.5. The van der Waals surface area contributed by atoms with Crippen molar-refractivity contribution in [1.29, 1.82) is 0 Å². The van der Waals surface area contributed by atoms with Gasteiger partial charge >= 0.3 is 0 Å². The Morgan fingerprint density at radius 2 is 2.12 bits per heavy atom. The maximum atomic E-state index is 12.5. The lowest BCUT2D eigenvalue weighted by atomic mass is 9.67. The maximum Gasteiger partial charge on any atom is 0.221 e. The SMILES string of the molecule is Cc1ccc2c(c1)[C@]1(C)CCC(=O)[C@H](NC(=O)CCN(C)C)[C@@H]1O2.Cl. The number of carbonyl (C=O) groups excluding carboxylic acids is 2. The van der Waals surface area contributed by atoms with Crippen molar-refractivity contribution < 1.29 is 14.3 Å². The molecule has 3 rings (SSSR count). The molecule has 1 aliphatic carbocycles. The Hall–Kier alpha value is -1.59. The Balaban J connectivity index is 0.00000225. The number of halogens is 1. The summed E-state index contributed by atoms with van der Waals surface area (Å²) in [6.07, 6.45) is 1.30. The molecule has 0 radical (unpaired) electrons. The van der Waals surface area contributed by atoms with E-state index in [1.165, 1.54) is 5.56 Å². The molecule has 3 atom stereocenters. The molecule has 0 bridgehead atoms. The average molecular weight is 367 g/mol. The topological polar surface area (TPSA) is 58.6 Å². The Bertz CT molecular complexity index is 677. The normalized spacial score (nSPS) is 27.2. The van der Waals surface area contributed by atoms with Gasteiger partial charge in [-0.25, -0.2) is 0 Å². The minimum Gasteiger partial charge on any atom is -0.487 e. The third-order valence-corrected chi connectivity index (χ3v) is 5.28. The Kier molecular flexibility index (Phi) is 5.79. The number of fused-ring (bicyclic) bond motifs is 3. The molecule has 138 valence electrons. The number of nitrogens with one attached hydrogen (secondary N) is 1. The van der Waals surface area contributed by atoms with E-state index in [1.54, 1.807) is 0 Å². The van der Waals surface area contributed by atoms with E-state index in [-0.39, 0.29) is 35.6 Å². The second-order valence-electron chi connectivity index (χ2n) is 7.52.